The number of benzene rings is 1. The number of nitrogens with one attached hydrogen (secondary N) is 1. The molecule has 0 saturated carbocycles. The summed E-state index contributed by atoms with van der Waals surface area (Å²) >= 11 is 0. The van der Waals surface area contributed by atoms with Crippen LogP contribution in [-0.4, -0.2) is 42.3 Å². The highest BCUT2D eigenvalue weighted by Gasteiger charge is 2.18. The molecule has 2 N–H and O–H groups in total. The van der Waals surface area contributed by atoms with E-state index in [4.69, 9.17) is 0 Å². The van der Waals surface area contributed by atoms with E-state index in [1.165, 1.54) is 11.1 Å². The Morgan fingerprint density at radius 3 is 2.65 bits per heavy atom. The number of aliphatic hydroxyl groups excluding tert-OH is 1. The lowest BCUT2D eigenvalue weighted by atomic mass is 9.97. The van der Waals surface area contributed by atoms with Crippen LogP contribution in [0.5, 0.6) is 0 Å². The number of β-amino-alcohol motifs (C(OH)–C–C–N with tert-alkyl or cyclic N) is 1. The second-order valence-corrected chi connectivity index (χ2v) is 7.10. The number of rotatable bonds is 5. The van der Waals surface area contributed by atoms with E-state index in [1.54, 1.807) is 0 Å². The summed E-state index contributed by atoms with van der Waals surface area (Å²) in [7, 11) is 0. The van der Waals surface area contributed by atoms with E-state index in [-0.39, 0.29) is 11.5 Å². The molecule has 112 valence electrons. The zero-order valence-electron chi connectivity index (χ0n) is 13.0. The molecule has 0 bridgehead atoms. The van der Waals surface area contributed by atoms with E-state index in [0.29, 0.717) is 6.54 Å². The molecule has 0 radical (unpaired) electrons. The van der Waals surface area contributed by atoms with E-state index >= 15 is 0 Å². The number of hydrogen-bond donors (Lipinski definition) is 2. The molecule has 0 spiro atoms. The first-order chi connectivity index (χ1) is 9.44. The van der Waals surface area contributed by atoms with Gasteiger partial charge in [-0.05, 0) is 23.0 Å². The molecule has 0 aromatic heterocycles. The fourth-order valence-corrected chi connectivity index (χ4v) is 2.69. The predicted molar refractivity (Wildman–Crippen MR) is 83.8 cm³/mol. The predicted octanol–water partition coefficient (Wildman–Crippen LogP) is 2.04. The average molecular weight is 276 g/mol. The maximum absolute atomic E-state index is 10.1. The van der Waals surface area contributed by atoms with Gasteiger partial charge in [0.2, 0.25) is 0 Å². The average Bonchev–Trinajstić information content (AvgIpc) is 2.37. The lowest BCUT2D eigenvalue weighted by molar-refractivity contribution is 0.102. The number of fused-ring (bicyclic) bond motifs is 1. The minimum absolute atomic E-state index is 0.268. The third-order valence-electron chi connectivity index (χ3n) is 3.71. The summed E-state index contributed by atoms with van der Waals surface area (Å²) in [4.78, 5) is 2.35. The Labute approximate surface area is 123 Å². The summed E-state index contributed by atoms with van der Waals surface area (Å²) in [6.45, 7) is 11.0. The van der Waals surface area contributed by atoms with Crippen LogP contribution in [0.3, 0.4) is 0 Å². The van der Waals surface area contributed by atoms with Gasteiger partial charge in [0.25, 0.3) is 0 Å². The van der Waals surface area contributed by atoms with Gasteiger partial charge in [0.1, 0.15) is 0 Å². The monoisotopic (exact) mass is 276 g/mol. The molecule has 1 aromatic carbocycles. The van der Waals surface area contributed by atoms with Crippen LogP contribution in [0, 0.1) is 5.41 Å². The van der Waals surface area contributed by atoms with Crippen molar-refractivity contribution in [2.24, 2.45) is 5.41 Å². The van der Waals surface area contributed by atoms with Crippen molar-refractivity contribution < 1.29 is 5.11 Å². The van der Waals surface area contributed by atoms with E-state index in [1.807, 2.05) is 0 Å². The van der Waals surface area contributed by atoms with Crippen LogP contribution in [0.25, 0.3) is 0 Å². The van der Waals surface area contributed by atoms with Crippen LogP contribution in [-0.2, 0) is 13.0 Å². The zero-order chi connectivity index (χ0) is 14.6. The summed E-state index contributed by atoms with van der Waals surface area (Å²) < 4.78 is 0. The lowest BCUT2D eigenvalue weighted by Crippen LogP contribution is -2.42. The minimum atomic E-state index is -0.289. The zero-order valence-corrected chi connectivity index (χ0v) is 13.0. The minimum Gasteiger partial charge on any atom is -0.390 e. The van der Waals surface area contributed by atoms with Crippen molar-refractivity contribution in [3.63, 3.8) is 0 Å². The van der Waals surface area contributed by atoms with Crippen LogP contribution in [0.15, 0.2) is 24.3 Å². The second-order valence-electron chi connectivity index (χ2n) is 7.10. The number of nitrogens with zero attached hydrogens (tertiary/aromatic N) is 1. The molecule has 1 atom stereocenters. The summed E-state index contributed by atoms with van der Waals surface area (Å²) in [5, 5.41) is 13.5. The van der Waals surface area contributed by atoms with Gasteiger partial charge in [0.05, 0.1) is 6.10 Å². The Morgan fingerprint density at radius 2 is 1.95 bits per heavy atom. The van der Waals surface area contributed by atoms with Crippen molar-refractivity contribution in [2.45, 2.75) is 39.8 Å². The molecule has 0 aliphatic carbocycles. The van der Waals surface area contributed by atoms with Gasteiger partial charge in [-0.1, -0.05) is 45.0 Å². The van der Waals surface area contributed by atoms with Crippen molar-refractivity contribution in [2.75, 3.05) is 26.2 Å². The van der Waals surface area contributed by atoms with Gasteiger partial charge in [-0.15, -0.1) is 0 Å². The maximum atomic E-state index is 10.1. The van der Waals surface area contributed by atoms with Gasteiger partial charge < -0.3 is 10.4 Å². The van der Waals surface area contributed by atoms with Gasteiger partial charge in [0, 0.05) is 32.7 Å². The molecule has 0 fully saturated rings. The highest BCUT2D eigenvalue weighted by molar-refractivity contribution is 5.29. The van der Waals surface area contributed by atoms with Crippen LogP contribution < -0.4 is 5.32 Å². The third-order valence-corrected chi connectivity index (χ3v) is 3.71. The summed E-state index contributed by atoms with van der Waals surface area (Å²) in [5.41, 5.74) is 3.14. The summed E-state index contributed by atoms with van der Waals surface area (Å²) in [6.07, 6.45) is 0.806. The van der Waals surface area contributed by atoms with Gasteiger partial charge in [-0.2, -0.15) is 0 Å². The molecule has 2 rings (SSSR count). The molecule has 20 heavy (non-hydrogen) atoms. The Balaban J connectivity index is 1.75. The topological polar surface area (TPSA) is 35.5 Å². The third kappa shape index (κ3) is 4.89. The molecule has 0 amide bonds. The van der Waals surface area contributed by atoms with E-state index in [9.17, 15) is 5.11 Å². The SMILES string of the molecule is CC(C)(C)CNCC(O)CN1CCc2ccccc2C1. The largest absolute Gasteiger partial charge is 0.390 e. The van der Waals surface area contributed by atoms with Crippen molar-refractivity contribution in [1.82, 2.24) is 10.2 Å². The van der Waals surface area contributed by atoms with Gasteiger partial charge in [0.15, 0.2) is 0 Å². The van der Waals surface area contributed by atoms with E-state index < -0.39 is 0 Å². The van der Waals surface area contributed by atoms with Crippen molar-refractivity contribution in [3.05, 3.63) is 35.4 Å². The molecular weight excluding hydrogens is 248 g/mol. The van der Waals surface area contributed by atoms with Crippen LogP contribution in [0.2, 0.25) is 0 Å². The Bertz CT molecular complexity index is 425. The molecule has 1 heterocycles. The van der Waals surface area contributed by atoms with E-state index in [0.717, 1.165) is 32.6 Å². The Hall–Kier alpha value is -0.900. The molecule has 3 heteroatoms. The van der Waals surface area contributed by atoms with Gasteiger partial charge in [-0.25, -0.2) is 0 Å². The molecular formula is C17H28N2O. The van der Waals surface area contributed by atoms with Crippen molar-refractivity contribution >= 4 is 0 Å². The number of aliphatic hydroxyl groups is 1. The summed E-state index contributed by atoms with van der Waals surface area (Å²) in [6, 6.07) is 8.63. The first kappa shape index (κ1) is 15.5. The lowest BCUT2D eigenvalue weighted by Gasteiger charge is -2.30. The first-order valence-corrected chi connectivity index (χ1v) is 7.62. The highest BCUT2D eigenvalue weighted by atomic mass is 16.3. The molecule has 0 saturated heterocycles. The second kappa shape index (κ2) is 6.70. The fourth-order valence-electron chi connectivity index (χ4n) is 2.69. The smallest absolute Gasteiger partial charge is 0.0791 e. The summed E-state index contributed by atoms with van der Waals surface area (Å²) in [5.74, 6) is 0. The maximum Gasteiger partial charge on any atom is 0.0791 e. The van der Waals surface area contributed by atoms with Gasteiger partial charge >= 0.3 is 0 Å². The normalized spacial score (nSPS) is 17.8. The highest BCUT2D eigenvalue weighted by Crippen LogP contribution is 2.18. The van der Waals surface area contributed by atoms with Crippen LogP contribution in [0.4, 0.5) is 0 Å². The van der Waals surface area contributed by atoms with Crippen LogP contribution >= 0.6 is 0 Å². The molecule has 1 aliphatic heterocycles. The van der Waals surface area contributed by atoms with Crippen molar-refractivity contribution in [1.29, 1.82) is 0 Å². The van der Waals surface area contributed by atoms with Crippen molar-refractivity contribution in [3.8, 4) is 0 Å². The first-order valence-electron chi connectivity index (χ1n) is 7.62. The fraction of sp³-hybridized carbons (Fsp3) is 0.647. The molecule has 1 unspecified atom stereocenters. The quantitative estimate of drug-likeness (QED) is 0.864. The molecule has 1 aromatic rings. The van der Waals surface area contributed by atoms with Crippen LogP contribution in [0.1, 0.15) is 31.9 Å². The molecule has 1 aliphatic rings. The molecule has 3 nitrogen and oxygen atoms in total. The standard InChI is InChI=1S/C17H28N2O/c1-17(2,3)13-18-10-16(20)12-19-9-8-14-6-4-5-7-15(14)11-19/h4-7,16,18,20H,8-13H2,1-3H3. The van der Waals surface area contributed by atoms with E-state index in [2.05, 4.69) is 55.3 Å². The Kier molecular flexibility index (Phi) is 5.19. The Morgan fingerprint density at radius 1 is 1.25 bits per heavy atom. The van der Waals surface area contributed by atoms with Gasteiger partial charge in [-0.3, -0.25) is 4.90 Å². The number of hydrogen-bond acceptors (Lipinski definition) is 3.